The van der Waals surface area contributed by atoms with Crippen LogP contribution >= 0.6 is 0 Å². The van der Waals surface area contributed by atoms with Gasteiger partial charge in [-0.2, -0.15) is 0 Å². The summed E-state index contributed by atoms with van der Waals surface area (Å²) >= 11 is 0. The van der Waals surface area contributed by atoms with Crippen molar-refractivity contribution in [3.8, 4) is 0 Å². The molecule has 3 atom stereocenters. The van der Waals surface area contributed by atoms with E-state index in [9.17, 15) is 5.11 Å². The van der Waals surface area contributed by atoms with Crippen molar-refractivity contribution >= 4 is 8.32 Å². The predicted molar refractivity (Wildman–Crippen MR) is 119 cm³/mol. The monoisotopic (exact) mass is 384 g/mol. The van der Waals surface area contributed by atoms with Gasteiger partial charge in [-0.15, -0.1) is 0 Å². The lowest BCUT2D eigenvalue weighted by atomic mass is 9.94. The van der Waals surface area contributed by atoms with E-state index in [0.29, 0.717) is 28.5 Å². The Labute approximate surface area is 165 Å². The molecule has 0 spiro atoms. The van der Waals surface area contributed by atoms with Crippen molar-refractivity contribution in [3.05, 3.63) is 11.6 Å². The van der Waals surface area contributed by atoms with Crippen molar-refractivity contribution in [2.24, 2.45) is 11.8 Å². The molecule has 0 aliphatic carbocycles. The number of hydrogen-bond acceptors (Lipinski definition) is 2. The maximum absolute atomic E-state index is 10.3. The first-order valence-corrected chi connectivity index (χ1v) is 13.1. The summed E-state index contributed by atoms with van der Waals surface area (Å²) in [4.78, 5) is 0. The van der Waals surface area contributed by atoms with Crippen molar-refractivity contribution in [3.63, 3.8) is 0 Å². The first-order chi connectivity index (χ1) is 12.0. The van der Waals surface area contributed by atoms with E-state index in [2.05, 4.69) is 75.3 Å². The zero-order chi connectivity index (χ0) is 20.5. The smallest absolute Gasteiger partial charge is 0.200 e. The van der Waals surface area contributed by atoms with Gasteiger partial charge in [0, 0.05) is 6.61 Å². The fraction of sp³-hybridized carbons (Fsp3) is 0.913. The Bertz CT molecular complexity index is 379. The van der Waals surface area contributed by atoms with Crippen molar-refractivity contribution in [1.82, 2.24) is 0 Å². The quantitative estimate of drug-likeness (QED) is 0.266. The van der Waals surface area contributed by atoms with E-state index in [1.165, 1.54) is 18.4 Å². The van der Waals surface area contributed by atoms with Gasteiger partial charge in [0.1, 0.15) is 0 Å². The Morgan fingerprint density at radius 2 is 1.46 bits per heavy atom. The maximum Gasteiger partial charge on any atom is 0.200 e. The minimum atomic E-state index is -1.78. The Hall–Kier alpha value is -0.123. The highest BCUT2D eigenvalue weighted by Crippen LogP contribution is 2.42. The van der Waals surface area contributed by atoms with Crippen LogP contribution in [0.1, 0.15) is 94.9 Å². The lowest BCUT2D eigenvalue weighted by molar-refractivity contribution is 0.143. The third kappa shape index (κ3) is 8.27. The van der Waals surface area contributed by atoms with Crippen molar-refractivity contribution in [1.29, 1.82) is 0 Å². The molecule has 0 unspecified atom stereocenters. The molecule has 0 aliphatic rings. The summed E-state index contributed by atoms with van der Waals surface area (Å²) in [5.74, 6) is 1.01. The summed E-state index contributed by atoms with van der Waals surface area (Å²) in [6.07, 6.45) is 6.21. The van der Waals surface area contributed by atoms with E-state index in [-0.39, 0.29) is 6.10 Å². The highest BCUT2D eigenvalue weighted by molar-refractivity contribution is 6.77. The van der Waals surface area contributed by atoms with Crippen molar-refractivity contribution < 1.29 is 9.53 Å². The molecule has 3 heteroatoms. The summed E-state index contributed by atoms with van der Waals surface area (Å²) in [6, 6.07) is 0. The van der Waals surface area contributed by atoms with E-state index in [4.69, 9.17) is 4.43 Å². The molecule has 0 saturated carbocycles. The number of aliphatic hydroxyl groups excluding tert-OH is 1. The topological polar surface area (TPSA) is 29.5 Å². The van der Waals surface area contributed by atoms with Crippen LogP contribution in [-0.2, 0) is 4.43 Å². The molecule has 0 heterocycles. The summed E-state index contributed by atoms with van der Waals surface area (Å²) in [7, 11) is -1.78. The van der Waals surface area contributed by atoms with Crippen molar-refractivity contribution in [2.45, 2.75) is 118 Å². The fourth-order valence-corrected chi connectivity index (χ4v) is 10.5. The molecule has 0 aromatic rings. The second-order valence-corrected chi connectivity index (χ2v) is 15.1. The van der Waals surface area contributed by atoms with Crippen LogP contribution in [-0.4, -0.2) is 26.1 Å². The Kier molecular flexibility index (Phi) is 12.3. The second-order valence-electron chi connectivity index (χ2n) is 9.61. The number of hydrogen-bond donors (Lipinski definition) is 1. The van der Waals surface area contributed by atoms with Gasteiger partial charge in [-0.3, -0.25) is 0 Å². The van der Waals surface area contributed by atoms with Gasteiger partial charge in [-0.1, -0.05) is 86.8 Å². The summed E-state index contributed by atoms with van der Waals surface area (Å²) < 4.78 is 6.71. The van der Waals surface area contributed by atoms with E-state index in [1.807, 2.05) is 0 Å². The highest BCUT2D eigenvalue weighted by atomic mass is 28.4. The molecule has 0 fully saturated rings. The standard InChI is InChI=1S/C23H48O2Si/c1-11-12-20(8)14-23(24)15-21(9)13-22(10)16-25-26(17(2)3,18(4)5)19(6)7/h13,17-20,22-24H,11-12,14-16H2,1-10H3/b21-13+/t20-,22+,23-/m0/s1. The SMILES string of the molecule is CCC[C@H](C)C[C@H](O)C/C(C)=C/[C@@H](C)CO[Si](C(C)C)(C(C)C)C(C)C. The first kappa shape index (κ1) is 25.9. The van der Waals surface area contributed by atoms with E-state index >= 15 is 0 Å². The molecule has 26 heavy (non-hydrogen) atoms. The molecule has 0 aromatic heterocycles. The van der Waals surface area contributed by atoms with Crippen LogP contribution < -0.4 is 0 Å². The molecule has 1 N–H and O–H groups in total. The first-order valence-electron chi connectivity index (χ1n) is 11.0. The van der Waals surface area contributed by atoms with E-state index in [1.54, 1.807) is 0 Å². The predicted octanol–water partition coefficient (Wildman–Crippen LogP) is 7.34. The van der Waals surface area contributed by atoms with Crippen molar-refractivity contribution in [2.75, 3.05) is 6.61 Å². The minimum Gasteiger partial charge on any atom is -0.415 e. The fourth-order valence-electron chi connectivity index (χ4n) is 4.91. The Morgan fingerprint density at radius 3 is 1.88 bits per heavy atom. The van der Waals surface area contributed by atoms with Gasteiger partial charge < -0.3 is 9.53 Å². The summed E-state index contributed by atoms with van der Waals surface area (Å²) in [5.41, 5.74) is 3.17. The summed E-state index contributed by atoms with van der Waals surface area (Å²) in [5, 5.41) is 10.3. The van der Waals surface area contributed by atoms with Crippen LogP contribution in [0.4, 0.5) is 0 Å². The van der Waals surface area contributed by atoms with Gasteiger partial charge in [0.05, 0.1) is 6.10 Å². The summed E-state index contributed by atoms with van der Waals surface area (Å²) in [6.45, 7) is 23.7. The Balaban J connectivity index is 4.74. The molecular weight excluding hydrogens is 336 g/mol. The van der Waals surface area contributed by atoms with Crippen LogP contribution in [0, 0.1) is 11.8 Å². The zero-order valence-corrected chi connectivity index (χ0v) is 20.4. The maximum atomic E-state index is 10.3. The molecule has 0 aromatic carbocycles. The highest BCUT2D eigenvalue weighted by Gasteiger charge is 2.45. The van der Waals surface area contributed by atoms with Gasteiger partial charge in [-0.25, -0.2) is 0 Å². The average Bonchev–Trinajstić information content (AvgIpc) is 2.45. The lowest BCUT2D eigenvalue weighted by Gasteiger charge is -2.42. The van der Waals surface area contributed by atoms with Crippen LogP contribution in [0.15, 0.2) is 11.6 Å². The zero-order valence-electron chi connectivity index (χ0n) is 19.4. The number of rotatable bonds is 13. The normalized spacial score (nSPS) is 17.2. The van der Waals surface area contributed by atoms with Crippen LogP contribution in [0.5, 0.6) is 0 Å². The molecule has 0 radical (unpaired) electrons. The molecule has 0 rings (SSSR count). The molecule has 0 bridgehead atoms. The lowest BCUT2D eigenvalue weighted by Crippen LogP contribution is -2.48. The van der Waals surface area contributed by atoms with Gasteiger partial charge in [0.25, 0.3) is 0 Å². The molecular formula is C23H48O2Si. The third-order valence-corrected chi connectivity index (χ3v) is 12.0. The Morgan fingerprint density at radius 1 is 0.962 bits per heavy atom. The number of aliphatic hydroxyl groups is 1. The molecule has 0 aliphatic heterocycles. The molecule has 2 nitrogen and oxygen atoms in total. The third-order valence-electron chi connectivity index (χ3n) is 5.89. The van der Waals surface area contributed by atoms with Crippen LogP contribution in [0.3, 0.4) is 0 Å². The van der Waals surface area contributed by atoms with Gasteiger partial charge in [-0.05, 0) is 48.2 Å². The van der Waals surface area contributed by atoms with Gasteiger partial charge in [0.15, 0.2) is 8.32 Å². The van der Waals surface area contributed by atoms with Gasteiger partial charge >= 0.3 is 0 Å². The van der Waals surface area contributed by atoms with Crippen LogP contribution in [0.25, 0.3) is 0 Å². The minimum absolute atomic E-state index is 0.212. The van der Waals surface area contributed by atoms with Crippen LogP contribution in [0.2, 0.25) is 16.6 Å². The van der Waals surface area contributed by atoms with E-state index in [0.717, 1.165) is 19.4 Å². The van der Waals surface area contributed by atoms with Gasteiger partial charge in [0.2, 0.25) is 0 Å². The molecule has 0 amide bonds. The van der Waals surface area contributed by atoms with E-state index < -0.39 is 8.32 Å². The molecule has 156 valence electrons. The second kappa shape index (κ2) is 12.4. The largest absolute Gasteiger partial charge is 0.415 e. The average molecular weight is 385 g/mol. The molecule has 0 saturated heterocycles.